The molecule has 0 aliphatic rings. The summed E-state index contributed by atoms with van der Waals surface area (Å²) in [5, 5.41) is 5.31. The average Bonchev–Trinajstić information content (AvgIpc) is 2.54. The smallest absolute Gasteiger partial charge is 0.229 e. The van der Waals surface area contributed by atoms with Gasteiger partial charge in [-0.05, 0) is 24.1 Å². The molecule has 0 fully saturated rings. The second-order valence-corrected chi connectivity index (χ2v) is 4.81. The maximum atomic E-state index is 11.7. The molecule has 0 aliphatic carbocycles. The molecule has 0 saturated carbocycles. The van der Waals surface area contributed by atoms with Crippen LogP contribution in [0.3, 0.4) is 0 Å². The minimum atomic E-state index is -0.314. The zero-order valence-corrected chi connectivity index (χ0v) is 13.8. The van der Waals surface area contributed by atoms with Gasteiger partial charge >= 0.3 is 0 Å². The van der Waals surface area contributed by atoms with Crippen LogP contribution in [-0.2, 0) is 20.7 Å². The first kappa shape index (κ1) is 18.8. The van der Waals surface area contributed by atoms with E-state index in [1.807, 2.05) is 18.2 Å². The van der Waals surface area contributed by atoms with Gasteiger partial charge in [0, 0.05) is 20.2 Å². The van der Waals surface area contributed by atoms with Crippen molar-refractivity contribution < 1.29 is 23.8 Å². The van der Waals surface area contributed by atoms with Crippen molar-refractivity contribution in [1.29, 1.82) is 0 Å². The number of hydrogen-bond donors (Lipinski definition) is 2. The minimum Gasteiger partial charge on any atom is -0.493 e. The monoisotopic (exact) mass is 324 g/mol. The zero-order chi connectivity index (χ0) is 17.1. The highest BCUT2D eigenvalue weighted by atomic mass is 16.5. The van der Waals surface area contributed by atoms with E-state index in [0.29, 0.717) is 37.6 Å². The molecule has 0 spiro atoms. The molecule has 2 N–H and O–H groups in total. The molecule has 7 heteroatoms. The summed E-state index contributed by atoms with van der Waals surface area (Å²) in [5.41, 5.74) is 1.01. The Morgan fingerprint density at radius 3 is 2.22 bits per heavy atom. The third-order valence-corrected chi connectivity index (χ3v) is 3.13. The largest absolute Gasteiger partial charge is 0.493 e. The van der Waals surface area contributed by atoms with Crippen molar-refractivity contribution in [2.45, 2.75) is 12.8 Å². The third-order valence-electron chi connectivity index (χ3n) is 3.13. The zero-order valence-electron chi connectivity index (χ0n) is 13.8. The summed E-state index contributed by atoms with van der Waals surface area (Å²) in [6.07, 6.45) is 0.451. The summed E-state index contributed by atoms with van der Waals surface area (Å²) < 4.78 is 15.2. The number of amides is 2. The van der Waals surface area contributed by atoms with E-state index in [1.54, 1.807) is 21.3 Å². The molecule has 0 saturated heterocycles. The first-order valence-electron chi connectivity index (χ1n) is 7.34. The molecule has 2 amide bonds. The number of rotatable bonds is 10. The normalized spacial score (nSPS) is 10.0. The number of ether oxygens (including phenoxy) is 3. The van der Waals surface area contributed by atoms with E-state index in [-0.39, 0.29) is 18.2 Å². The molecule has 128 valence electrons. The predicted molar refractivity (Wildman–Crippen MR) is 85.8 cm³/mol. The molecule has 1 aromatic rings. The summed E-state index contributed by atoms with van der Waals surface area (Å²) in [4.78, 5) is 23.1. The standard InChI is InChI=1S/C16H24N2O5/c1-21-9-8-18-16(20)11-15(19)17-7-6-12-4-5-13(22-2)14(10-12)23-3/h4-5,10H,6-9,11H2,1-3H3,(H,17,19)(H,18,20). The van der Waals surface area contributed by atoms with Crippen molar-refractivity contribution in [3.63, 3.8) is 0 Å². The van der Waals surface area contributed by atoms with Crippen LogP contribution in [0.5, 0.6) is 11.5 Å². The van der Waals surface area contributed by atoms with Gasteiger partial charge in [0.05, 0.1) is 20.8 Å². The molecule has 0 heterocycles. The third kappa shape index (κ3) is 7.01. The van der Waals surface area contributed by atoms with E-state index in [0.717, 1.165) is 5.56 Å². The minimum absolute atomic E-state index is 0.185. The fourth-order valence-corrected chi connectivity index (χ4v) is 1.95. The molecule has 0 unspecified atom stereocenters. The number of carbonyl (C=O) groups excluding carboxylic acids is 2. The lowest BCUT2D eigenvalue weighted by Crippen LogP contribution is -2.34. The van der Waals surface area contributed by atoms with E-state index in [4.69, 9.17) is 14.2 Å². The lowest BCUT2D eigenvalue weighted by Gasteiger charge is -2.10. The van der Waals surface area contributed by atoms with Gasteiger partial charge in [-0.25, -0.2) is 0 Å². The van der Waals surface area contributed by atoms with Gasteiger partial charge in [0.15, 0.2) is 11.5 Å². The van der Waals surface area contributed by atoms with Gasteiger partial charge in [-0.3, -0.25) is 9.59 Å². The van der Waals surface area contributed by atoms with Crippen LogP contribution in [0.15, 0.2) is 18.2 Å². The lowest BCUT2D eigenvalue weighted by molar-refractivity contribution is -0.129. The van der Waals surface area contributed by atoms with Gasteiger partial charge in [-0.1, -0.05) is 6.07 Å². The fraction of sp³-hybridized carbons (Fsp3) is 0.500. The SMILES string of the molecule is COCCNC(=O)CC(=O)NCCc1ccc(OC)c(OC)c1. The van der Waals surface area contributed by atoms with Crippen LogP contribution in [-0.4, -0.2) is 52.8 Å². The summed E-state index contributed by atoms with van der Waals surface area (Å²) in [6.45, 7) is 1.26. The van der Waals surface area contributed by atoms with Gasteiger partial charge in [-0.2, -0.15) is 0 Å². The van der Waals surface area contributed by atoms with E-state index < -0.39 is 0 Å². The van der Waals surface area contributed by atoms with Crippen molar-refractivity contribution >= 4 is 11.8 Å². The van der Waals surface area contributed by atoms with Crippen LogP contribution in [0.25, 0.3) is 0 Å². The number of carbonyl (C=O) groups is 2. The summed E-state index contributed by atoms with van der Waals surface area (Å²) in [6, 6.07) is 5.59. The number of benzene rings is 1. The number of methoxy groups -OCH3 is 3. The van der Waals surface area contributed by atoms with Crippen LogP contribution in [0.2, 0.25) is 0 Å². The van der Waals surface area contributed by atoms with E-state index in [1.165, 1.54) is 0 Å². The molecule has 0 radical (unpaired) electrons. The molecular formula is C16H24N2O5. The van der Waals surface area contributed by atoms with E-state index >= 15 is 0 Å². The Bertz CT molecular complexity index is 519. The Kier molecular flexibility index (Phi) is 8.52. The van der Waals surface area contributed by atoms with E-state index in [9.17, 15) is 9.59 Å². The van der Waals surface area contributed by atoms with Crippen molar-refractivity contribution in [3.05, 3.63) is 23.8 Å². The van der Waals surface area contributed by atoms with E-state index in [2.05, 4.69) is 10.6 Å². The van der Waals surface area contributed by atoms with Crippen molar-refractivity contribution in [3.8, 4) is 11.5 Å². The Hall–Kier alpha value is -2.28. The lowest BCUT2D eigenvalue weighted by atomic mass is 10.1. The fourth-order valence-electron chi connectivity index (χ4n) is 1.95. The predicted octanol–water partition coefficient (Wildman–Crippen LogP) is 0.515. The molecule has 23 heavy (non-hydrogen) atoms. The quantitative estimate of drug-likeness (QED) is 0.484. The first-order valence-corrected chi connectivity index (χ1v) is 7.34. The molecule has 1 aromatic carbocycles. The number of nitrogens with one attached hydrogen (secondary N) is 2. The average molecular weight is 324 g/mol. The highest BCUT2D eigenvalue weighted by Crippen LogP contribution is 2.27. The Morgan fingerprint density at radius 1 is 0.957 bits per heavy atom. The Morgan fingerprint density at radius 2 is 1.61 bits per heavy atom. The second kappa shape index (κ2) is 10.4. The molecule has 0 atom stereocenters. The second-order valence-electron chi connectivity index (χ2n) is 4.81. The molecule has 0 bridgehead atoms. The topological polar surface area (TPSA) is 85.9 Å². The molecular weight excluding hydrogens is 300 g/mol. The summed E-state index contributed by atoms with van der Waals surface area (Å²) in [7, 11) is 4.70. The highest BCUT2D eigenvalue weighted by molar-refractivity contribution is 5.96. The first-order chi connectivity index (χ1) is 11.1. The van der Waals surface area contributed by atoms with Crippen molar-refractivity contribution in [2.75, 3.05) is 41.0 Å². The Labute approximate surface area is 136 Å². The van der Waals surface area contributed by atoms with Crippen LogP contribution < -0.4 is 20.1 Å². The van der Waals surface area contributed by atoms with Gasteiger partial charge in [0.1, 0.15) is 6.42 Å². The van der Waals surface area contributed by atoms with Crippen LogP contribution in [0.1, 0.15) is 12.0 Å². The van der Waals surface area contributed by atoms with Gasteiger partial charge in [0.25, 0.3) is 0 Å². The van der Waals surface area contributed by atoms with Gasteiger partial charge in [0.2, 0.25) is 11.8 Å². The molecule has 0 aromatic heterocycles. The molecule has 7 nitrogen and oxygen atoms in total. The maximum Gasteiger partial charge on any atom is 0.229 e. The van der Waals surface area contributed by atoms with Gasteiger partial charge in [-0.15, -0.1) is 0 Å². The van der Waals surface area contributed by atoms with Gasteiger partial charge < -0.3 is 24.8 Å². The molecule has 0 aliphatic heterocycles. The van der Waals surface area contributed by atoms with Crippen molar-refractivity contribution in [1.82, 2.24) is 10.6 Å². The van der Waals surface area contributed by atoms with Crippen LogP contribution in [0.4, 0.5) is 0 Å². The highest BCUT2D eigenvalue weighted by Gasteiger charge is 2.09. The van der Waals surface area contributed by atoms with Crippen LogP contribution >= 0.6 is 0 Å². The maximum absolute atomic E-state index is 11.7. The summed E-state index contributed by atoms with van der Waals surface area (Å²) >= 11 is 0. The van der Waals surface area contributed by atoms with Crippen LogP contribution in [0, 0.1) is 0 Å². The Balaban J connectivity index is 2.33. The van der Waals surface area contributed by atoms with Crippen molar-refractivity contribution in [2.24, 2.45) is 0 Å². The molecule has 1 rings (SSSR count). The summed E-state index contributed by atoms with van der Waals surface area (Å²) in [5.74, 6) is 0.688. The number of hydrogen-bond acceptors (Lipinski definition) is 5.